The van der Waals surface area contributed by atoms with Crippen molar-refractivity contribution in [2.75, 3.05) is 5.32 Å². The van der Waals surface area contributed by atoms with E-state index in [1.54, 1.807) is 6.20 Å². The number of carbonyl (C=O) groups excluding carboxylic acids is 1. The van der Waals surface area contributed by atoms with Crippen LogP contribution in [0.2, 0.25) is 0 Å². The van der Waals surface area contributed by atoms with Gasteiger partial charge in [-0.15, -0.1) is 0 Å². The Morgan fingerprint density at radius 3 is 2.38 bits per heavy atom. The maximum atomic E-state index is 12.6. The molecular weight excluding hydrogens is 328 g/mol. The lowest BCUT2D eigenvalue weighted by Gasteiger charge is -2.23. The maximum absolute atomic E-state index is 12.6. The summed E-state index contributed by atoms with van der Waals surface area (Å²) >= 11 is 0. The highest BCUT2D eigenvalue weighted by molar-refractivity contribution is 6.03. The van der Waals surface area contributed by atoms with Crippen molar-refractivity contribution in [1.82, 2.24) is 14.8 Å². The molecule has 0 saturated carbocycles. The molecule has 0 aliphatic heterocycles. The van der Waals surface area contributed by atoms with Gasteiger partial charge in [-0.25, -0.2) is 4.98 Å². The third kappa shape index (κ3) is 3.69. The second-order valence-electron chi connectivity index (χ2n) is 7.59. The smallest absolute Gasteiger partial charge is 0.276 e. The first kappa shape index (κ1) is 17.9. The van der Waals surface area contributed by atoms with E-state index in [-0.39, 0.29) is 17.4 Å². The van der Waals surface area contributed by atoms with E-state index < -0.39 is 0 Å². The Kier molecular flexibility index (Phi) is 4.68. The molecule has 2 aromatic heterocycles. The van der Waals surface area contributed by atoms with Gasteiger partial charge in [0.1, 0.15) is 0 Å². The van der Waals surface area contributed by atoms with Crippen molar-refractivity contribution < 1.29 is 9.21 Å². The van der Waals surface area contributed by atoms with E-state index in [9.17, 15) is 4.79 Å². The summed E-state index contributed by atoms with van der Waals surface area (Å²) < 4.78 is 7.20. The first-order valence-electron chi connectivity index (χ1n) is 8.66. The van der Waals surface area contributed by atoms with Gasteiger partial charge in [-0.3, -0.25) is 9.48 Å². The second kappa shape index (κ2) is 6.78. The van der Waals surface area contributed by atoms with Gasteiger partial charge in [-0.05, 0) is 57.0 Å². The Morgan fingerprint density at radius 2 is 1.88 bits per heavy atom. The van der Waals surface area contributed by atoms with Crippen molar-refractivity contribution in [3.8, 4) is 11.3 Å². The van der Waals surface area contributed by atoms with Crippen LogP contribution in [0.25, 0.3) is 11.3 Å². The van der Waals surface area contributed by atoms with Crippen LogP contribution in [0, 0.1) is 0 Å². The van der Waals surface area contributed by atoms with Crippen molar-refractivity contribution in [3.63, 3.8) is 0 Å². The molecule has 1 amide bonds. The standard InChI is InChI=1S/C20H24N4O2/c1-13(2)17-10-16(23-24(17)20(3,4)5)19(25)22-15-8-6-14(7-9-15)18-11-21-12-26-18/h6-13H,1-5H3,(H,22,25). The molecule has 3 aromatic rings. The number of amides is 1. The quantitative estimate of drug-likeness (QED) is 0.740. The second-order valence-corrected chi connectivity index (χ2v) is 7.59. The van der Waals surface area contributed by atoms with E-state index in [0.29, 0.717) is 17.1 Å². The molecule has 0 atom stereocenters. The maximum Gasteiger partial charge on any atom is 0.276 e. The van der Waals surface area contributed by atoms with Crippen LogP contribution in [0.5, 0.6) is 0 Å². The third-order valence-electron chi connectivity index (χ3n) is 4.06. The first-order chi connectivity index (χ1) is 12.3. The van der Waals surface area contributed by atoms with Gasteiger partial charge in [0.25, 0.3) is 5.91 Å². The predicted octanol–water partition coefficient (Wildman–Crippen LogP) is 4.67. The number of rotatable bonds is 4. The van der Waals surface area contributed by atoms with E-state index in [2.05, 4.69) is 50.0 Å². The van der Waals surface area contributed by atoms with Crippen molar-refractivity contribution in [2.45, 2.75) is 46.1 Å². The number of carbonyl (C=O) groups is 1. The van der Waals surface area contributed by atoms with E-state index in [0.717, 1.165) is 11.3 Å². The number of oxazole rings is 1. The molecule has 0 fully saturated rings. The Balaban J connectivity index is 1.80. The predicted molar refractivity (Wildman–Crippen MR) is 101 cm³/mol. The SMILES string of the molecule is CC(C)c1cc(C(=O)Nc2ccc(-c3cnco3)cc2)nn1C(C)(C)C. The molecule has 1 N–H and O–H groups in total. The summed E-state index contributed by atoms with van der Waals surface area (Å²) in [5.74, 6) is 0.750. The normalized spacial score (nSPS) is 11.8. The Labute approximate surface area is 153 Å². The van der Waals surface area contributed by atoms with E-state index in [1.165, 1.54) is 6.39 Å². The largest absolute Gasteiger partial charge is 0.444 e. The summed E-state index contributed by atoms with van der Waals surface area (Å²) in [6.45, 7) is 10.4. The molecule has 6 heteroatoms. The lowest BCUT2D eigenvalue weighted by Crippen LogP contribution is -2.26. The van der Waals surface area contributed by atoms with Crippen LogP contribution in [0.4, 0.5) is 5.69 Å². The number of hydrogen-bond donors (Lipinski definition) is 1. The monoisotopic (exact) mass is 352 g/mol. The van der Waals surface area contributed by atoms with Crippen molar-refractivity contribution in [1.29, 1.82) is 0 Å². The molecule has 0 unspecified atom stereocenters. The molecule has 2 heterocycles. The van der Waals surface area contributed by atoms with Crippen LogP contribution >= 0.6 is 0 Å². The van der Waals surface area contributed by atoms with E-state index >= 15 is 0 Å². The van der Waals surface area contributed by atoms with E-state index in [4.69, 9.17) is 4.42 Å². The van der Waals surface area contributed by atoms with Crippen LogP contribution in [-0.4, -0.2) is 20.7 Å². The number of anilines is 1. The van der Waals surface area contributed by atoms with Crippen LogP contribution in [0.3, 0.4) is 0 Å². The van der Waals surface area contributed by atoms with Crippen LogP contribution in [-0.2, 0) is 5.54 Å². The average Bonchev–Trinajstić information content (AvgIpc) is 3.25. The summed E-state index contributed by atoms with van der Waals surface area (Å²) in [5, 5.41) is 7.44. The molecule has 0 aliphatic rings. The molecule has 136 valence electrons. The molecular formula is C20H24N4O2. The zero-order valence-electron chi connectivity index (χ0n) is 15.8. The molecule has 0 aliphatic carbocycles. The lowest BCUT2D eigenvalue weighted by atomic mass is 10.1. The molecule has 0 bridgehead atoms. The molecule has 3 rings (SSSR count). The van der Waals surface area contributed by atoms with Gasteiger partial charge < -0.3 is 9.73 Å². The minimum atomic E-state index is -0.220. The highest BCUT2D eigenvalue weighted by Gasteiger charge is 2.23. The third-order valence-corrected chi connectivity index (χ3v) is 4.06. The number of benzene rings is 1. The molecule has 1 aromatic carbocycles. The highest BCUT2D eigenvalue weighted by Crippen LogP contribution is 2.25. The van der Waals surface area contributed by atoms with Gasteiger partial charge in [-0.2, -0.15) is 5.10 Å². The van der Waals surface area contributed by atoms with Gasteiger partial charge in [0.15, 0.2) is 17.8 Å². The van der Waals surface area contributed by atoms with Gasteiger partial charge in [0, 0.05) is 16.9 Å². The summed E-state index contributed by atoms with van der Waals surface area (Å²) in [6, 6.07) is 9.29. The fraction of sp³-hybridized carbons (Fsp3) is 0.350. The summed E-state index contributed by atoms with van der Waals surface area (Å²) in [6.07, 6.45) is 3.04. The Bertz CT molecular complexity index is 885. The minimum absolute atomic E-state index is 0.184. The molecule has 26 heavy (non-hydrogen) atoms. The summed E-state index contributed by atoms with van der Waals surface area (Å²) in [4.78, 5) is 16.5. The Hall–Kier alpha value is -2.89. The Morgan fingerprint density at radius 1 is 1.19 bits per heavy atom. The zero-order chi connectivity index (χ0) is 18.9. The minimum Gasteiger partial charge on any atom is -0.444 e. The molecule has 6 nitrogen and oxygen atoms in total. The lowest BCUT2D eigenvalue weighted by molar-refractivity contribution is 0.102. The van der Waals surface area contributed by atoms with Crippen molar-refractivity contribution in [3.05, 3.63) is 54.3 Å². The topological polar surface area (TPSA) is 73.0 Å². The van der Waals surface area contributed by atoms with Crippen LogP contribution in [0.15, 0.2) is 47.3 Å². The van der Waals surface area contributed by atoms with Crippen LogP contribution < -0.4 is 5.32 Å². The average molecular weight is 352 g/mol. The summed E-state index contributed by atoms with van der Waals surface area (Å²) in [5.41, 5.74) is 2.89. The molecule has 0 saturated heterocycles. The first-order valence-corrected chi connectivity index (χ1v) is 8.66. The van der Waals surface area contributed by atoms with Crippen molar-refractivity contribution in [2.24, 2.45) is 0 Å². The number of nitrogens with one attached hydrogen (secondary N) is 1. The van der Waals surface area contributed by atoms with Gasteiger partial charge >= 0.3 is 0 Å². The van der Waals surface area contributed by atoms with Gasteiger partial charge in [0.05, 0.1) is 11.7 Å². The number of aromatic nitrogens is 3. The number of hydrogen-bond acceptors (Lipinski definition) is 4. The molecule has 0 radical (unpaired) electrons. The van der Waals surface area contributed by atoms with E-state index in [1.807, 2.05) is 35.0 Å². The van der Waals surface area contributed by atoms with Gasteiger partial charge in [0.2, 0.25) is 0 Å². The zero-order valence-corrected chi connectivity index (χ0v) is 15.8. The van der Waals surface area contributed by atoms with Crippen molar-refractivity contribution >= 4 is 11.6 Å². The van der Waals surface area contributed by atoms with Crippen LogP contribution in [0.1, 0.15) is 56.7 Å². The van der Waals surface area contributed by atoms with Gasteiger partial charge in [-0.1, -0.05) is 13.8 Å². The number of nitrogens with zero attached hydrogens (tertiary/aromatic N) is 3. The fourth-order valence-electron chi connectivity index (χ4n) is 2.73. The fourth-order valence-corrected chi connectivity index (χ4v) is 2.73. The molecule has 0 spiro atoms. The summed E-state index contributed by atoms with van der Waals surface area (Å²) in [7, 11) is 0. The highest BCUT2D eigenvalue weighted by atomic mass is 16.3.